The maximum absolute atomic E-state index is 13.6. The Hall–Kier alpha value is -3.68. The van der Waals surface area contributed by atoms with Gasteiger partial charge in [0.2, 0.25) is 23.6 Å². The lowest BCUT2D eigenvalue weighted by Crippen LogP contribution is -2.52. The van der Waals surface area contributed by atoms with Crippen molar-refractivity contribution in [2.75, 3.05) is 98.9 Å². The van der Waals surface area contributed by atoms with E-state index in [9.17, 15) is 19.2 Å². The molecule has 1 rings (SSSR count). The van der Waals surface area contributed by atoms with Crippen LogP contribution in [0.4, 0.5) is 0 Å². The predicted octanol–water partition coefficient (Wildman–Crippen LogP) is 1.11. The van der Waals surface area contributed by atoms with Gasteiger partial charge < -0.3 is 49.7 Å². The highest BCUT2D eigenvalue weighted by molar-refractivity contribution is 5.81. The van der Waals surface area contributed by atoms with Crippen molar-refractivity contribution in [3.05, 3.63) is 0 Å². The number of hydrogen-bond donors (Lipinski definition) is 4. The second kappa shape index (κ2) is 32.0. The van der Waals surface area contributed by atoms with Crippen molar-refractivity contribution in [2.45, 2.75) is 76.2 Å². The minimum atomic E-state index is -0.985. The SMILES string of the molecule is C#CCOCCOCCNC(=O)CCC(CCC(=O)NCCOCCOCC#C)(CCC(=O)NCCOCCOCC#C)NC(=O)C1CCCCC1. The second-order valence-corrected chi connectivity index (χ2v) is 12.3. The van der Waals surface area contributed by atoms with E-state index in [1.54, 1.807) is 0 Å². The molecule has 292 valence electrons. The summed E-state index contributed by atoms with van der Waals surface area (Å²) in [5, 5.41) is 11.8. The fourth-order valence-electron chi connectivity index (χ4n) is 5.46. The first-order valence-corrected chi connectivity index (χ1v) is 18.2. The van der Waals surface area contributed by atoms with Crippen LogP contribution in [0.5, 0.6) is 0 Å². The van der Waals surface area contributed by atoms with E-state index in [0.29, 0.717) is 59.5 Å². The summed E-state index contributed by atoms with van der Waals surface area (Å²) in [7, 11) is 0. The molecule has 0 radical (unpaired) electrons. The fraction of sp³-hybridized carbons (Fsp3) is 0.737. The van der Waals surface area contributed by atoms with Crippen molar-refractivity contribution >= 4 is 23.6 Å². The van der Waals surface area contributed by atoms with Crippen LogP contribution >= 0.6 is 0 Å². The largest absolute Gasteiger partial charge is 0.377 e. The molecule has 0 aliphatic heterocycles. The molecular formula is C38H60N4O10. The van der Waals surface area contributed by atoms with Gasteiger partial charge in [0.05, 0.1) is 59.5 Å². The number of hydrogen-bond acceptors (Lipinski definition) is 10. The third-order valence-corrected chi connectivity index (χ3v) is 8.23. The number of carbonyl (C=O) groups excluding carboxylic acids is 4. The number of carbonyl (C=O) groups is 4. The third kappa shape index (κ3) is 25.3. The van der Waals surface area contributed by atoms with Crippen molar-refractivity contribution in [3.8, 4) is 37.0 Å². The molecule has 4 N–H and O–H groups in total. The summed E-state index contributed by atoms with van der Waals surface area (Å²) in [6, 6.07) is 0. The molecule has 1 aliphatic rings. The molecule has 0 spiro atoms. The van der Waals surface area contributed by atoms with E-state index in [4.69, 9.17) is 47.7 Å². The number of ether oxygens (including phenoxy) is 6. The predicted molar refractivity (Wildman–Crippen MR) is 196 cm³/mol. The van der Waals surface area contributed by atoms with Gasteiger partial charge in [-0.3, -0.25) is 19.2 Å². The summed E-state index contributed by atoms with van der Waals surface area (Å²) < 4.78 is 31.9. The lowest BCUT2D eigenvalue weighted by molar-refractivity contribution is -0.130. The van der Waals surface area contributed by atoms with Gasteiger partial charge >= 0.3 is 0 Å². The van der Waals surface area contributed by atoms with Gasteiger partial charge in [0, 0.05) is 50.4 Å². The molecule has 1 aliphatic carbocycles. The molecule has 0 atom stereocenters. The van der Waals surface area contributed by atoms with E-state index in [0.717, 1.165) is 32.1 Å². The molecule has 0 aromatic rings. The maximum Gasteiger partial charge on any atom is 0.223 e. The summed E-state index contributed by atoms with van der Waals surface area (Å²) in [5.41, 5.74) is -0.985. The van der Waals surface area contributed by atoms with Crippen LogP contribution in [-0.4, -0.2) is 128 Å². The monoisotopic (exact) mass is 732 g/mol. The molecule has 14 nitrogen and oxygen atoms in total. The Bertz CT molecular complexity index is 1010. The first-order valence-electron chi connectivity index (χ1n) is 18.2. The van der Waals surface area contributed by atoms with Crippen molar-refractivity contribution in [3.63, 3.8) is 0 Å². The zero-order valence-electron chi connectivity index (χ0n) is 30.8. The Kier molecular flexibility index (Phi) is 28.5. The third-order valence-electron chi connectivity index (χ3n) is 8.23. The number of terminal acetylenes is 3. The average molecular weight is 733 g/mol. The molecule has 0 heterocycles. The molecule has 14 heteroatoms. The minimum Gasteiger partial charge on any atom is -0.377 e. The number of rotatable bonds is 32. The van der Waals surface area contributed by atoms with Crippen LogP contribution in [0.1, 0.15) is 70.6 Å². The van der Waals surface area contributed by atoms with Crippen LogP contribution in [0.2, 0.25) is 0 Å². The Labute approximate surface area is 310 Å². The summed E-state index contributed by atoms with van der Waals surface area (Å²) in [6.45, 7) is 4.46. The number of nitrogens with one attached hydrogen (secondary N) is 4. The molecule has 4 amide bonds. The van der Waals surface area contributed by atoms with Gasteiger partial charge in [-0.2, -0.15) is 0 Å². The van der Waals surface area contributed by atoms with Crippen molar-refractivity contribution in [1.29, 1.82) is 0 Å². The van der Waals surface area contributed by atoms with Gasteiger partial charge in [-0.15, -0.1) is 19.3 Å². The second-order valence-electron chi connectivity index (χ2n) is 12.3. The van der Waals surface area contributed by atoms with Crippen LogP contribution < -0.4 is 21.3 Å². The minimum absolute atomic E-state index is 0.0740. The normalized spacial score (nSPS) is 12.9. The first-order chi connectivity index (χ1) is 25.4. The standard InChI is InChI=1S/C38H60N4O10/c1-4-21-47-27-30-50-24-18-39-34(43)12-15-38(42-37(46)33-10-8-7-9-11-33,16-13-35(44)40-19-25-51-31-28-48-22-5-2)17-14-36(45)41-20-26-52-32-29-49-23-6-3/h1-3,33H,7-32H2,(H,39,43)(H,40,44)(H,41,45)(H,42,46). The molecule has 0 aromatic carbocycles. The van der Waals surface area contributed by atoms with E-state index in [1.165, 1.54) is 0 Å². The smallest absolute Gasteiger partial charge is 0.223 e. The average Bonchev–Trinajstić information content (AvgIpc) is 3.15. The van der Waals surface area contributed by atoms with Crippen molar-refractivity contribution < 1.29 is 47.6 Å². The Morgan fingerprint density at radius 1 is 0.519 bits per heavy atom. The van der Waals surface area contributed by atoms with Gasteiger partial charge in [-0.25, -0.2) is 0 Å². The van der Waals surface area contributed by atoms with Gasteiger partial charge in [0.25, 0.3) is 0 Å². The summed E-state index contributed by atoms with van der Waals surface area (Å²) in [5.74, 6) is 6.18. The van der Waals surface area contributed by atoms with Crippen LogP contribution in [0, 0.1) is 42.9 Å². The molecular weight excluding hydrogens is 672 g/mol. The highest BCUT2D eigenvalue weighted by Crippen LogP contribution is 2.29. The topological polar surface area (TPSA) is 172 Å². The molecule has 1 fully saturated rings. The zero-order valence-corrected chi connectivity index (χ0v) is 30.8. The Balaban J connectivity index is 2.86. The van der Waals surface area contributed by atoms with E-state index >= 15 is 0 Å². The number of amides is 4. The molecule has 0 bridgehead atoms. The zero-order chi connectivity index (χ0) is 38.0. The van der Waals surface area contributed by atoms with Crippen LogP contribution in [0.3, 0.4) is 0 Å². The summed E-state index contributed by atoms with van der Waals surface area (Å²) in [6.07, 6.45) is 21.0. The van der Waals surface area contributed by atoms with Crippen molar-refractivity contribution in [1.82, 2.24) is 21.3 Å². The van der Waals surface area contributed by atoms with Gasteiger partial charge in [-0.1, -0.05) is 37.0 Å². The first kappa shape index (κ1) is 46.3. The molecule has 0 unspecified atom stereocenters. The van der Waals surface area contributed by atoms with E-state index in [2.05, 4.69) is 39.0 Å². The molecule has 0 saturated heterocycles. The van der Waals surface area contributed by atoms with Gasteiger partial charge in [0.15, 0.2) is 0 Å². The van der Waals surface area contributed by atoms with Gasteiger partial charge in [0.1, 0.15) is 19.8 Å². The summed E-state index contributed by atoms with van der Waals surface area (Å²) in [4.78, 5) is 52.5. The summed E-state index contributed by atoms with van der Waals surface area (Å²) >= 11 is 0. The lowest BCUT2D eigenvalue weighted by Gasteiger charge is -2.37. The van der Waals surface area contributed by atoms with Crippen molar-refractivity contribution in [2.24, 2.45) is 5.92 Å². The van der Waals surface area contributed by atoms with Crippen LogP contribution in [0.15, 0.2) is 0 Å². The maximum atomic E-state index is 13.6. The molecule has 0 aromatic heterocycles. The Morgan fingerprint density at radius 2 is 0.865 bits per heavy atom. The lowest BCUT2D eigenvalue weighted by atomic mass is 9.81. The van der Waals surface area contributed by atoms with E-state index in [-0.39, 0.29) is 108 Å². The molecule has 52 heavy (non-hydrogen) atoms. The Morgan fingerprint density at radius 3 is 1.21 bits per heavy atom. The quantitative estimate of drug-likeness (QED) is 0.0581. The highest BCUT2D eigenvalue weighted by atomic mass is 16.5. The van der Waals surface area contributed by atoms with E-state index in [1.807, 2.05) is 0 Å². The fourth-order valence-corrected chi connectivity index (χ4v) is 5.46. The van der Waals surface area contributed by atoms with Gasteiger partial charge in [-0.05, 0) is 32.1 Å². The highest BCUT2D eigenvalue weighted by Gasteiger charge is 2.35. The van der Waals surface area contributed by atoms with Crippen LogP contribution in [0.25, 0.3) is 0 Å². The molecule has 1 saturated carbocycles. The van der Waals surface area contributed by atoms with E-state index < -0.39 is 5.54 Å². The van der Waals surface area contributed by atoms with Crippen LogP contribution in [-0.2, 0) is 47.6 Å².